The number of aromatic nitrogens is 1. The van der Waals surface area contributed by atoms with Crippen LogP contribution in [0.3, 0.4) is 0 Å². The normalized spacial score (nSPS) is 13.4. The van der Waals surface area contributed by atoms with E-state index in [4.69, 9.17) is 23.5 Å². The fourth-order valence-electron chi connectivity index (χ4n) is 5.00. The van der Waals surface area contributed by atoms with Gasteiger partial charge in [-0.2, -0.15) is 0 Å². The Hall–Kier alpha value is -4.21. The molecule has 1 aliphatic rings. The highest BCUT2D eigenvalue weighted by atomic mass is 16.5. The number of benzene rings is 2. The summed E-state index contributed by atoms with van der Waals surface area (Å²) in [6, 6.07) is 12.6. The highest BCUT2D eigenvalue weighted by Gasteiger charge is 2.29. The monoisotopic (exact) mass is 551 g/mol. The highest BCUT2D eigenvalue weighted by molar-refractivity contribution is 5.96. The average Bonchev–Trinajstić information content (AvgIpc) is 3.48. The predicted octanol–water partition coefficient (Wildman–Crippen LogP) is 4.66. The Labute approximate surface area is 234 Å². The van der Waals surface area contributed by atoms with Crippen molar-refractivity contribution in [2.45, 2.75) is 51.1 Å². The van der Waals surface area contributed by atoms with Gasteiger partial charge in [0.25, 0.3) is 11.8 Å². The van der Waals surface area contributed by atoms with Crippen LogP contribution in [0.1, 0.15) is 64.3 Å². The first kappa shape index (κ1) is 28.8. The van der Waals surface area contributed by atoms with Crippen LogP contribution in [0.4, 0.5) is 0 Å². The van der Waals surface area contributed by atoms with Crippen LogP contribution in [0.5, 0.6) is 23.0 Å². The summed E-state index contributed by atoms with van der Waals surface area (Å²) < 4.78 is 27.0. The van der Waals surface area contributed by atoms with Crippen LogP contribution in [-0.4, -0.2) is 62.9 Å². The van der Waals surface area contributed by atoms with E-state index < -0.39 is 0 Å². The molecule has 0 aliphatic heterocycles. The molecule has 0 bridgehead atoms. The van der Waals surface area contributed by atoms with Gasteiger partial charge in [-0.3, -0.25) is 9.59 Å². The Morgan fingerprint density at radius 3 is 2.20 bits per heavy atom. The first-order chi connectivity index (χ1) is 19.5. The molecule has 0 atom stereocenters. The summed E-state index contributed by atoms with van der Waals surface area (Å²) in [6.45, 7) is 0.632. The number of nitrogens with zero attached hydrogens (tertiary/aromatic N) is 2. The topological polar surface area (TPSA) is 112 Å². The molecule has 2 aromatic carbocycles. The lowest BCUT2D eigenvalue weighted by atomic mass is 9.93. The molecule has 3 aromatic rings. The van der Waals surface area contributed by atoms with Crippen LogP contribution in [0.25, 0.3) is 0 Å². The predicted molar refractivity (Wildman–Crippen MR) is 148 cm³/mol. The molecule has 4 rings (SSSR count). The first-order valence-corrected chi connectivity index (χ1v) is 13.4. The van der Waals surface area contributed by atoms with Gasteiger partial charge >= 0.3 is 0 Å². The van der Waals surface area contributed by atoms with Gasteiger partial charge in [-0.15, -0.1) is 0 Å². The number of rotatable bonds is 12. The number of ether oxygens (including phenoxy) is 4. The van der Waals surface area contributed by atoms with E-state index in [1.807, 2.05) is 24.3 Å². The second-order valence-corrected chi connectivity index (χ2v) is 9.67. The van der Waals surface area contributed by atoms with Crippen molar-refractivity contribution in [1.29, 1.82) is 0 Å². The maximum absolute atomic E-state index is 13.9. The number of amides is 2. The third kappa shape index (κ3) is 6.86. The summed E-state index contributed by atoms with van der Waals surface area (Å²) in [4.78, 5) is 28.4. The van der Waals surface area contributed by atoms with E-state index in [1.165, 1.54) is 21.3 Å². The molecule has 0 radical (unpaired) electrons. The van der Waals surface area contributed by atoms with Crippen LogP contribution >= 0.6 is 0 Å². The van der Waals surface area contributed by atoms with E-state index in [0.29, 0.717) is 41.5 Å². The molecule has 1 fully saturated rings. The van der Waals surface area contributed by atoms with Gasteiger partial charge in [0.15, 0.2) is 23.0 Å². The number of hydrogen-bond donors (Lipinski definition) is 1. The van der Waals surface area contributed by atoms with Crippen LogP contribution in [0, 0.1) is 0 Å². The molecule has 1 saturated carbocycles. The van der Waals surface area contributed by atoms with Crippen molar-refractivity contribution < 1.29 is 33.1 Å². The summed E-state index contributed by atoms with van der Waals surface area (Å²) in [5.74, 6) is 1.94. The molecule has 0 saturated heterocycles. The second kappa shape index (κ2) is 13.7. The van der Waals surface area contributed by atoms with Crippen LogP contribution in [0.2, 0.25) is 0 Å². The van der Waals surface area contributed by atoms with E-state index in [2.05, 4.69) is 10.5 Å². The Balaban J connectivity index is 1.47. The number of nitrogens with one attached hydrogen (secondary N) is 1. The van der Waals surface area contributed by atoms with Crippen LogP contribution in [-0.2, 0) is 13.0 Å². The molecule has 1 aromatic heterocycles. The van der Waals surface area contributed by atoms with Gasteiger partial charge in [0.05, 0.1) is 35.0 Å². The molecule has 0 unspecified atom stereocenters. The molecule has 1 heterocycles. The highest BCUT2D eigenvalue weighted by Crippen LogP contribution is 2.39. The smallest absolute Gasteiger partial charge is 0.273 e. The van der Waals surface area contributed by atoms with Gasteiger partial charge in [-0.1, -0.05) is 36.6 Å². The van der Waals surface area contributed by atoms with E-state index in [-0.39, 0.29) is 30.1 Å². The van der Waals surface area contributed by atoms with Crippen molar-refractivity contribution in [3.05, 3.63) is 65.0 Å². The standard InChI is InChI=1S/C30H37N3O7/c1-36-23-12-10-20(11-13-23)14-15-31-29(34)25-18-24(40-32-25)19-33(22-8-6-5-7-9-22)30(35)21-16-26(37-2)28(39-4)27(17-21)38-3/h10-13,16-18,22H,5-9,14-15,19H2,1-4H3,(H,31,34). The summed E-state index contributed by atoms with van der Waals surface area (Å²) in [7, 11) is 6.18. The van der Waals surface area contributed by atoms with E-state index in [9.17, 15) is 9.59 Å². The number of methoxy groups -OCH3 is 4. The molecule has 10 heteroatoms. The zero-order valence-electron chi connectivity index (χ0n) is 23.5. The molecule has 10 nitrogen and oxygen atoms in total. The molecule has 214 valence electrons. The van der Waals surface area contributed by atoms with E-state index >= 15 is 0 Å². The minimum Gasteiger partial charge on any atom is -0.497 e. The lowest BCUT2D eigenvalue weighted by molar-refractivity contribution is 0.0589. The van der Waals surface area contributed by atoms with Crippen LogP contribution in [0.15, 0.2) is 47.0 Å². The zero-order valence-corrected chi connectivity index (χ0v) is 23.5. The summed E-state index contributed by atoms with van der Waals surface area (Å²) in [6.07, 6.45) is 5.68. The summed E-state index contributed by atoms with van der Waals surface area (Å²) in [5, 5.41) is 6.85. The van der Waals surface area contributed by atoms with E-state index in [0.717, 1.165) is 43.4 Å². The minimum absolute atomic E-state index is 0.0345. The quantitative estimate of drug-likeness (QED) is 0.346. The Bertz CT molecular complexity index is 1260. The lowest BCUT2D eigenvalue weighted by Gasteiger charge is -2.34. The largest absolute Gasteiger partial charge is 0.497 e. The Morgan fingerprint density at radius 2 is 1.60 bits per heavy atom. The maximum atomic E-state index is 13.9. The Kier molecular flexibility index (Phi) is 9.88. The fourth-order valence-corrected chi connectivity index (χ4v) is 5.00. The van der Waals surface area contributed by atoms with E-state index in [1.54, 1.807) is 30.2 Å². The van der Waals surface area contributed by atoms with Gasteiger partial charge in [0, 0.05) is 24.2 Å². The van der Waals surface area contributed by atoms with Crippen molar-refractivity contribution in [2.24, 2.45) is 0 Å². The Morgan fingerprint density at radius 1 is 0.925 bits per heavy atom. The fraction of sp³-hybridized carbons (Fsp3) is 0.433. The maximum Gasteiger partial charge on any atom is 0.273 e. The van der Waals surface area contributed by atoms with Crippen LogP contribution < -0.4 is 24.3 Å². The third-order valence-corrected chi connectivity index (χ3v) is 7.16. The molecule has 1 aliphatic carbocycles. The average molecular weight is 552 g/mol. The third-order valence-electron chi connectivity index (χ3n) is 7.16. The second-order valence-electron chi connectivity index (χ2n) is 9.67. The lowest BCUT2D eigenvalue weighted by Crippen LogP contribution is -2.41. The summed E-state index contributed by atoms with van der Waals surface area (Å²) >= 11 is 0. The van der Waals surface area contributed by atoms with Gasteiger partial charge in [0.1, 0.15) is 5.75 Å². The number of hydrogen-bond acceptors (Lipinski definition) is 8. The minimum atomic E-state index is -0.330. The molecule has 40 heavy (non-hydrogen) atoms. The summed E-state index contributed by atoms with van der Waals surface area (Å²) in [5.41, 5.74) is 1.67. The van der Waals surface area contributed by atoms with Gasteiger partial charge in [-0.25, -0.2) is 0 Å². The molecule has 2 amide bonds. The zero-order chi connectivity index (χ0) is 28.5. The molecule has 1 N–H and O–H groups in total. The molecular weight excluding hydrogens is 514 g/mol. The van der Waals surface area contributed by atoms with Gasteiger partial charge < -0.3 is 33.7 Å². The van der Waals surface area contributed by atoms with Crippen molar-refractivity contribution in [3.8, 4) is 23.0 Å². The first-order valence-electron chi connectivity index (χ1n) is 13.4. The SMILES string of the molecule is COc1ccc(CCNC(=O)c2cc(CN(C(=O)c3cc(OC)c(OC)c(OC)c3)C3CCCCC3)on2)cc1. The van der Waals surface area contributed by atoms with Crippen molar-refractivity contribution in [1.82, 2.24) is 15.4 Å². The molecule has 0 spiro atoms. The van der Waals surface area contributed by atoms with Crippen molar-refractivity contribution >= 4 is 11.8 Å². The van der Waals surface area contributed by atoms with Gasteiger partial charge in [-0.05, 0) is 49.1 Å². The van der Waals surface area contributed by atoms with Crippen molar-refractivity contribution in [2.75, 3.05) is 35.0 Å². The number of carbonyl (C=O) groups excluding carboxylic acids is 2. The van der Waals surface area contributed by atoms with Gasteiger partial charge in [0.2, 0.25) is 5.75 Å². The van der Waals surface area contributed by atoms with Crippen molar-refractivity contribution in [3.63, 3.8) is 0 Å². The molecular formula is C30H37N3O7. The number of carbonyl (C=O) groups is 2.